The number of hydrogen-bond donors (Lipinski definition) is 3. The maximum Gasteiger partial charge on any atom is 0.253 e. The fourth-order valence-corrected chi connectivity index (χ4v) is 3.24. The number of fused-ring (bicyclic) bond motifs is 1. The average molecular weight is 302 g/mol. The number of nitrogens with two attached hydrogens (primary N) is 1. The molecule has 7 heteroatoms. The number of carbonyl (C=O) groups is 1. The van der Waals surface area contributed by atoms with E-state index in [1.54, 1.807) is 0 Å². The quantitative estimate of drug-likeness (QED) is 0.728. The molecule has 108 valence electrons. The first-order valence-corrected chi connectivity index (χ1v) is 7.42. The third kappa shape index (κ3) is 3.08. The zero-order chi connectivity index (χ0) is 14.8. The topological polar surface area (TPSA) is 101 Å². The molecule has 2 aromatic rings. The van der Waals surface area contributed by atoms with Gasteiger partial charge < -0.3 is 16.0 Å². The second-order valence-corrected chi connectivity index (χ2v) is 5.96. The van der Waals surface area contributed by atoms with E-state index in [4.69, 9.17) is 5.73 Å². The molecule has 2 heterocycles. The van der Waals surface area contributed by atoms with Crippen LogP contribution >= 0.6 is 11.8 Å². The second kappa shape index (κ2) is 5.61. The van der Waals surface area contributed by atoms with E-state index in [1.165, 1.54) is 17.8 Å². The number of nitrogen functional groups attached to an aromatic ring is 1. The lowest BCUT2D eigenvalue weighted by Gasteiger charge is -2.11. The normalized spacial score (nSPS) is 17.7. The van der Waals surface area contributed by atoms with E-state index in [0.29, 0.717) is 11.6 Å². The van der Waals surface area contributed by atoms with Gasteiger partial charge >= 0.3 is 0 Å². The van der Waals surface area contributed by atoms with Gasteiger partial charge in [0.25, 0.3) is 5.56 Å². The Morgan fingerprint density at radius 2 is 2.10 bits per heavy atom. The summed E-state index contributed by atoms with van der Waals surface area (Å²) in [5.74, 6) is 0.0635. The molecule has 0 saturated carbocycles. The van der Waals surface area contributed by atoms with Crippen molar-refractivity contribution < 1.29 is 4.79 Å². The first-order valence-electron chi connectivity index (χ1n) is 6.54. The van der Waals surface area contributed by atoms with E-state index >= 15 is 0 Å². The SMILES string of the molecule is Nc1cc(=O)[nH]c(SC2CCc3ccccc3NC2=O)n1. The summed E-state index contributed by atoms with van der Waals surface area (Å²) in [6.07, 6.45) is 1.46. The zero-order valence-electron chi connectivity index (χ0n) is 11.1. The number of H-pyrrole nitrogens is 1. The number of amides is 1. The molecular weight excluding hydrogens is 288 g/mol. The monoisotopic (exact) mass is 302 g/mol. The summed E-state index contributed by atoms with van der Waals surface area (Å²) >= 11 is 1.23. The summed E-state index contributed by atoms with van der Waals surface area (Å²) in [5.41, 5.74) is 7.20. The second-order valence-electron chi connectivity index (χ2n) is 4.77. The molecule has 0 aliphatic carbocycles. The molecule has 0 fully saturated rings. The molecule has 6 nitrogen and oxygen atoms in total. The molecule has 1 aliphatic heterocycles. The highest BCUT2D eigenvalue weighted by atomic mass is 32.2. The van der Waals surface area contributed by atoms with Crippen LogP contribution in [0.2, 0.25) is 0 Å². The van der Waals surface area contributed by atoms with Crippen LogP contribution in [-0.4, -0.2) is 21.1 Å². The van der Waals surface area contributed by atoms with Gasteiger partial charge in [0, 0.05) is 11.8 Å². The molecule has 21 heavy (non-hydrogen) atoms. The van der Waals surface area contributed by atoms with Crippen LogP contribution in [-0.2, 0) is 11.2 Å². The van der Waals surface area contributed by atoms with E-state index in [2.05, 4.69) is 15.3 Å². The number of benzene rings is 1. The largest absolute Gasteiger partial charge is 0.383 e. The van der Waals surface area contributed by atoms with Crippen molar-refractivity contribution in [3.8, 4) is 0 Å². The van der Waals surface area contributed by atoms with Crippen molar-refractivity contribution in [2.24, 2.45) is 0 Å². The highest BCUT2D eigenvalue weighted by Crippen LogP contribution is 2.29. The standard InChI is InChI=1S/C14H14N4O2S/c15-11-7-12(19)18-14(17-11)21-10-6-5-8-3-1-2-4-9(8)16-13(10)20/h1-4,7,10H,5-6H2,(H,16,20)(H3,15,17,18,19). The van der Waals surface area contributed by atoms with Gasteiger partial charge in [-0.3, -0.25) is 9.59 Å². The van der Waals surface area contributed by atoms with Crippen molar-refractivity contribution >= 4 is 29.2 Å². The number of para-hydroxylation sites is 1. The number of aromatic nitrogens is 2. The molecule has 1 amide bonds. The van der Waals surface area contributed by atoms with Gasteiger partial charge in [0.2, 0.25) is 5.91 Å². The summed E-state index contributed by atoms with van der Waals surface area (Å²) < 4.78 is 0. The minimum atomic E-state index is -0.317. The predicted octanol–water partition coefficient (Wildman–Crippen LogP) is 1.40. The maximum atomic E-state index is 12.3. The highest BCUT2D eigenvalue weighted by molar-refractivity contribution is 8.00. The molecule has 0 bridgehead atoms. The van der Waals surface area contributed by atoms with Crippen molar-refractivity contribution in [1.29, 1.82) is 0 Å². The van der Waals surface area contributed by atoms with Crippen molar-refractivity contribution in [3.05, 3.63) is 46.2 Å². The zero-order valence-corrected chi connectivity index (χ0v) is 11.9. The van der Waals surface area contributed by atoms with Crippen LogP contribution in [0.4, 0.5) is 11.5 Å². The molecule has 0 saturated heterocycles. The van der Waals surface area contributed by atoms with Crippen LogP contribution in [0.25, 0.3) is 0 Å². The van der Waals surface area contributed by atoms with Crippen LogP contribution in [0.5, 0.6) is 0 Å². The molecular formula is C14H14N4O2S. The van der Waals surface area contributed by atoms with Gasteiger partial charge in [0.05, 0.1) is 5.25 Å². The van der Waals surface area contributed by atoms with E-state index in [-0.39, 0.29) is 22.5 Å². The molecule has 1 atom stereocenters. The van der Waals surface area contributed by atoms with E-state index in [9.17, 15) is 9.59 Å². The van der Waals surface area contributed by atoms with Crippen LogP contribution in [0, 0.1) is 0 Å². The molecule has 1 aromatic heterocycles. The maximum absolute atomic E-state index is 12.3. The Hall–Kier alpha value is -2.28. The third-order valence-electron chi connectivity index (χ3n) is 3.24. The van der Waals surface area contributed by atoms with Gasteiger partial charge in [-0.15, -0.1) is 0 Å². The number of carbonyl (C=O) groups excluding carboxylic acids is 1. The van der Waals surface area contributed by atoms with Gasteiger partial charge in [-0.25, -0.2) is 4.98 Å². The number of aromatic amines is 1. The van der Waals surface area contributed by atoms with Crippen molar-refractivity contribution in [2.75, 3.05) is 11.1 Å². The number of rotatable bonds is 2. The first-order chi connectivity index (χ1) is 10.1. The molecule has 1 aliphatic rings. The fourth-order valence-electron chi connectivity index (χ4n) is 2.25. The number of hydrogen-bond acceptors (Lipinski definition) is 5. The molecule has 1 unspecified atom stereocenters. The molecule has 3 rings (SSSR count). The van der Waals surface area contributed by atoms with Crippen molar-refractivity contribution in [2.45, 2.75) is 23.2 Å². The van der Waals surface area contributed by atoms with Crippen LogP contribution in [0.1, 0.15) is 12.0 Å². The lowest BCUT2D eigenvalue weighted by atomic mass is 10.1. The molecule has 0 spiro atoms. The van der Waals surface area contributed by atoms with Gasteiger partial charge in [-0.05, 0) is 24.5 Å². The highest BCUT2D eigenvalue weighted by Gasteiger charge is 2.25. The number of nitrogens with zero attached hydrogens (tertiary/aromatic N) is 1. The van der Waals surface area contributed by atoms with Gasteiger partial charge in [-0.1, -0.05) is 30.0 Å². The van der Waals surface area contributed by atoms with E-state index < -0.39 is 0 Å². The van der Waals surface area contributed by atoms with Crippen LogP contribution in [0.15, 0.2) is 40.3 Å². The minimum absolute atomic E-state index is 0.0879. The Morgan fingerprint density at radius 1 is 1.29 bits per heavy atom. The third-order valence-corrected chi connectivity index (χ3v) is 4.39. The molecule has 1 aromatic carbocycles. The molecule has 4 N–H and O–H groups in total. The summed E-state index contributed by atoms with van der Waals surface area (Å²) in [6.45, 7) is 0. The smallest absolute Gasteiger partial charge is 0.253 e. The lowest BCUT2D eigenvalue weighted by Crippen LogP contribution is -2.24. The number of anilines is 2. The number of aryl methyl sites for hydroxylation is 1. The number of thioether (sulfide) groups is 1. The average Bonchev–Trinajstić information content (AvgIpc) is 2.58. The van der Waals surface area contributed by atoms with Gasteiger partial charge in [0.15, 0.2) is 5.16 Å². The van der Waals surface area contributed by atoms with Crippen molar-refractivity contribution in [1.82, 2.24) is 9.97 Å². The van der Waals surface area contributed by atoms with E-state index in [0.717, 1.165) is 17.7 Å². The van der Waals surface area contributed by atoms with Gasteiger partial charge in [0.1, 0.15) is 5.82 Å². The lowest BCUT2D eigenvalue weighted by molar-refractivity contribution is -0.115. The van der Waals surface area contributed by atoms with Crippen LogP contribution < -0.4 is 16.6 Å². The van der Waals surface area contributed by atoms with Crippen molar-refractivity contribution in [3.63, 3.8) is 0 Å². The first kappa shape index (κ1) is 13.7. The summed E-state index contributed by atoms with van der Waals surface area (Å²) in [4.78, 5) is 30.3. The van der Waals surface area contributed by atoms with E-state index in [1.807, 2.05) is 24.3 Å². The molecule has 0 radical (unpaired) electrons. The van der Waals surface area contributed by atoms with Crippen LogP contribution in [0.3, 0.4) is 0 Å². The Morgan fingerprint density at radius 3 is 2.90 bits per heavy atom. The Kier molecular flexibility index (Phi) is 3.66. The summed E-state index contributed by atoms with van der Waals surface area (Å²) in [5, 5.41) is 2.96. The Bertz CT molecular complexity index is 744. The summed E-state index contributed by atoms with van der Waals surface area (Å²) in [6, 6.07) is 8.95. The summed E-state index contributed by atoms with van der Waals surface area (Å²) in [7, 11) is 0. The fraction of sp³-hybridized carbons (Fsp3) is 0.214. The Balaban J connectivity index is 1.81. The number of nitrogens with one attached hydrogen (secondary N) is 2. The van der Waals surface area contributed by atoms with Gasteiger partial charge in [-0.2, -0.15) is 0 Å². The Labute approximate surface area is 125 Å². The predicted molar refractivity (Wildman–Crippen MR) is 82.3 cm³/mol. The minimum Gasteiger partial charge on any atom is -0.383 e.